The van der Waals surface area contributed by atoms with Crippen molar-refractivity contribution >= 4 is 0 Å². The van der Waals surface area contributed by atoms with E-state index in [0.29, 0.717) is 0 Å². The molecule has 2 rings (SSSR count). The van der Waals surface area contributed by atoms with Crippen LogP contribution in [0.1, 0.15) is 73.6 Å². The summed E-state index contributed by atoms with van der Waals surface area (Å²) < 4.78 is 0. The van der Waals surface area contributed by atoms with E-state index in [1.165, 1.54) is 36.0 Å². The molecular formula is C20H29. The van der Waals surface area contributed by atoms with Gasteiger partial charge in [0.25, 0.3) is 0 Å². The Morgan fingerprint density at radius 3 is 2.40 bits per heavy atom. The molecule has 0 saturated heterocycles. The Bertz CT molecular complexity index is 513. The largest absolute Gasteiger partial charge is 0.0769 e. The average Bonchev–Trinajstić information content (AvgIpc) is 2.89. The van der Waals surface area contributed by atoms with Crippen LogP contribution < -0.4 is 0 Å². The van der Waals surface area contributed by atoms with Crippen LogP contribution in [0.25, 0.3) is 0 Å². The third-order valence-electron chi connectivity index (χ3n) is 4.62. The average molecular weight is 269 g/mol. The van der Waals surface area contributed by atoms with Gasteiger partial charge in [-0.3, -0.25) is 0 Å². The van der Waals surface area contributed by atoms with Gasteiger partial charge in [-0.2, -0.15) is 0 Å². The summed E-state index contributed by atoms with van der Waals surface area (Å²) in [4.78, 5) is 0. The number of allylic oxidation sites excluding steroid dienone is 8. The number of unbranched alkanes of at least 4 members (excludes halogenated alkanes) is 1. The van der Waals surface area contributed by atoms with Gasteiger partial charge in [0, 0.05) is 0 Å². The summed E-state index contributed by atoms with van der Waals surface area (Å²) >= 11 is 0. The molecule has 0 heterocycles. The van der Waals surface area contributed by atoms with Crippen LogP contribution in [0.5, 0.6) is 0 Å². The topological polar surface area (TPSA) is 0 Å². The standard InChI is InChI=1S/C20H29/c1-7-8-9-16-14(2)10-11-18(16)17-12-13-19(15(17)3)20(4,5)6/h10H,7-9,11-12H2,1-6H3. The van der Waals surface area contributed by atoms with Crippen molar-refractivity contribution < 1.29 is 0 Å². The van der Waals surface area contributed by atoms with Gasteiger partial charge >= 0.3 is 0 Å². The van der Waals surface area contributed by atoms with E-state index in [0.717, 1.165) is 12.8 Å². The summed E-state index contributed by atoms with van der Waals surface area (Å²) in [5.41, 5.74) is 9.45. The molecule has 0 saturated carbocycles. The normalized spacial score (nSPS) is 19.9. The first kappa shape index (κ1) is 15.4. The van der Waals surface area contributed by atoms with E-state index in [9.17, 15) is 0 Å². The Morgan fingerprint density at radius 2 is 1.85 bits per heavy atom. The summed E-state index contributed by atoms with van der Waals surface area (Å²) in [6.07, 6.45) is 12.0. The third-order valence-corrected chi connectivity index (χ3v) is 4.62. The highest BCUT2D eigenvalue weighted by Crippen LogP contribution is 2.44. The first-order valence-corrected chi connectivity index (χ1v) is 8.07. The molecule has 0 aliphatic heterocycles. The lowest BCUT2D eigenvalue weighted by atomic mass is 9.82. The highest BCUT2D eigenvalue weighted by Gasteiger charge is 2.28. The van der Waals surface area contributed by atoms with Crippen molar-refractivity contribution in [2.75, 3.05) is 0 Å². The number of hydrogen-bond acceptors (Lipinski definition) is 0. The Labute approximate surface area is 125 Å². The maximum absolute atomic E-state index is 3.65. The molecule has 0 spiro atoms. The highest BCUT2D eigenvalue weighted by molar-refractivity contribution is 5.57. The fourth-order valence-corrected chi connectivity index (χ4v) is 3.50. The Hall–Kier alpha value is -1.04. The molecule has 0 nitrogen and oxygen atoms in total. The Balaban J connectivity index is 2.33. The third kappa shape index (κ3) is 2.85. The summed E-state index contributed by atoms with van der Waals surface area (Å²) in [5, 5.41) is 0. The molecule has 2 aliphatic rings. The second kappa shape index (κ2) is 5.76. The van der Waals surface area contributed by atoms with Crippen molar-refractivity contribution in [2.45, 2.75) is 73.6 Å². The van der Waals surface area contributed by atoms with E-state index < -0.39 is 0 Å². The molecule has 0 fully saturated rings. The van der Waals surface area contributed by atoms with Gasteiger partial charge in [0.05, 0.1) is 0 Å². The van der Waals surface area contributed by atoms with Crippen molar-refractivity contribution in [1.82, 2.24) is 0 Å². The fourth-order valence-electron chi connectivity index (χ4n) is 3.50. The van der Waals surface area contributed by atoms with E-state index in [-0.39, 0.29) is 5.41 Å². The summed E-state index contributed by atoms with van der Waals surface area (Å²) in [7, 11) is 0. The molecule has 0 aromatic rings. The van der Waals surface area contributed by atoms with Gasteiger partial charge in [-0.05, 0) is 78.9 Å². The van der Waals surface area contributed by atoms with Gasteiger partial charge in [0.2, 0.25) is 0 Å². The Morgan fingerprint density at radius 1 is 1.15 bits per heavy atom. The van der Waals surface area contributed by atoms with E-state index in [1.54, 1.807) is 16.7 Å². The second-order valence-corrected chi connectivity index (χ2v) is 7.23. The smallest absolute Gasteiger partial charge is 0.00141 e. The number of rotatable bonds is 4. The molecule has 20 heavy (non-hydrogen) atoms. The zero-order valence-corrected chi connectivity index (χ0v) is 14.1. The monoisotopic (exact) mass is 269 g/mol. The zero-order chi connectivity index (χ0) is 14.9. The van der Waals surface area contributed by atoms with Crippen molar-refractivity contribution in [2.24, 2.45) is 5.41 Å². The molecule has 0 aromatic heterocycles. The van der Waals surface area contributed by atoms with E-state index in [2.05, 4.69) is 53.7 Å². The molecule has 0 unspecified atom stereocenters. The van der Waals surface area contributed by atoms with Crippen LogP contribution in [0.2, 0.25) is 0 Å². The molecule has 0 bridgehead atoms. The van der Waals surface area contributed by atoms with Crippen LogP contribution in [0.15, 0.2) is 39.5 Å². The van der Waals surface area contributed by atoms with E-state index in [4.69, 9.17) is 0 Å². The maximum Gasteiger partial charge on any atom is -0.00141 e. The molecule has 0 aromatic carbocycles. The van der Waals surface area contributed by atoms with Crippen molar-refractivity contribution in [1.29, 1.82) is 0 Å². The van der Waals surface area contributed by atoms with Crippen LogP contribution in [-0.2, 0) is 0 Å². The molecule has 0 atom stereocenters. The Kier molecular flexibility index (Phi) is 4.42. The summed E-state index contributed by atoms with van der Waals surface area (Å²) in [6, 6.07) is 0. The summed E-state index contributed by atoms with van der Waals surface area (Å²) in [5.74, 6) is 0. The van der Waals surface area contributed by atoms with Crippen LogP contribution in [-0.4, -0.2) is 0 Å². The van der Waals surface area contributed by atoms with Gasteiger partial charge in [0.15, 0.2) is 0 Å². The van der Waals surface area contributed by atoms with Crippen LogP contribution in [0, 0.1) is 11.5 Å². The lowest BCUT2D eigenvalue weighted by Gasteiger charge is -2.22. The molecule has 109 valence electrons. The van der Waals surface area contributed by atoms with E-state index >= 15 is 0 Å². The van der Waals surface area contributed by atoms with E-state index in [1.807, 2.05) is 0 Å². The van der Waals surface area contributed by atoms with Gasteiger partial charge in [-0.15, -0.1) is 0 Å². The SMILES string of the molecule is CCCCC1=C(C2=C(C)C(C(C)(C)C)=[C]C2)CC=C1C. The predicted molar refractivity (Wildman–Crippen MR) is 88.5 cm³/mol. The van der Waals surface area contributed by atoms with Crippen LogP contribution >= 0.6 is 0 Å². The van der Waals surface area contributed by atoms with Gasteiger partial charge in [-0.25, -0.2) is 0 Å². The molecular weight excluding hydrogens is 240 g/mol. The minimum absolute atomic E-state index is 0.219. The lowest BCUT2D eigenvalue weighted by molar-refractivity contribution is 0.509. The van der Waals surface area contributed by atoms with Crippen LogP contribution in [0.3, 0.4) is 0 Å². The van der Waals surface area contributed by atoms with Crippen LogP contribution in [0.4, 0.5) is 0 Å². The van der Waals surface area contributed by atoms with Gasteiger partial charge < -0.3 is 0 Å². The fraction of sp³-hybridized carbons (Fsp3) is 0.600. The van der Waals surface area contributed by atoms with Crippen molar-refractivity contribution in [3.8, 4) is 0 Å². The predicted octanol–water partition coefficient (Wildman–Crippen LogP) is 6.32. The van der Waals surface area contributed by atoms with Gasteiger partial charge in [0.1, 0.15) is 0 Å². The molecule has 0 amide bonds. The highest BCUT2D eigenvalue weighted by atomic mass is 14.3. The van der Waals surface area contributed by atoms with Gasteiger partial charge in [-0.1, -0.05) is 45.8 Å². The molecule has 0 heteroatoms. The lowest BCUT2D eigenvalue weighted by Crippen LogP contribution is -2.09. The van der Waals surface area contributed by atoms with Crippen molar-refractivity contribution in [3.63, 3.8) is 0 Å². The first-order valence-electron chi connectivity index (χ1n) is 8.07. The maximum atomic E-state index is 3.65. The molecule has 1 radical (unpaired) electrons. The zero-order valence-electron chi connectivity index (χ0n) is 14.1. The molecule has 0 N–H and O–H groups in total. The molecule has 2 aliphatic carbocycles. The second-order valence-electron chi connectivity index (χ2n) is 7.23. The number of hydrogen-bond donors (Lipinski definition) is 0. The summed E-state index contributed by atoms with van der Waals surface area (Å²) in [6.45, 7) is 13.8. The quantitative estimate of drug-likeness (QED) is 0.560. The minimum Gasteiger partial charge on any atom is -0.0769 e. The minimum atomic E-state index is 0.219. The first-order chi connectivity index (χ1) is 9.36. The van der Waals surface area contributed by atoms with Crippen molar-refractivity contribution in [3.05, 3.63) is 45.6 Å².